The van der Waals surface area contributed by atoms with Gasteiger partial charge in [0.05, 0.1) is 12.2 Å². The van der Waals surface area contributed by atoms with Crippen molar-refractivity contribution >= 4 is 11.6 Å². The van der Waals surface area contributed by atoms with E-state index in [0.29, 0.717) is 18.9 Å². The Bertz CT molecular complexity index is 754. The number of fused-ring (bicyclic) bond motifs is 2. The van der Waals surface area contributed by atoms with Gasteiger partial charge in [-0.2, -0.15) is 0 Å². The molecule has 0 aliphatic carbocycles. The Balaban J connectivity index is 1.52. The van der Waals surface area contributed by atoms with Gasteiger partial charge in [-0.15, -0.1) is 0 Å². The third-order valence-corrected chi connectivity index (χ3v) is 6.33. The molecule has 4 nitrogen and oxygen atoms in total. The van der Waals surface area contributed by atoms with E-state index >= 15 is 0 Å². The van der Waals surface area contributed by atoms with E-state index in [-0.39, 0.29) is 18.3 Å². The van der Waals surface area contributed by atoms with E-state index in [1.807, 2.05) is 18.2 Å². The van der Waals surface area contributed by atoms with Gasteiger partial charge in [0.15, 0.2) is 0 Å². The third kappa shape index (κ3) is 4.27. The molecule has 0 saturated carbocycles. The van der Waals surface area contributed by atoms with E-state index in [1.165, 1.54) is 5.56 Å². The van der Waals surface area contributed by atoms with Crippen LogP contribution in [0, 0.1) is 0 Å². The molecule has 5 atom stereocenters. The average Bonchev–Trinajstić information content (AvgIpc) is 2.89. The van der Waals surface area contributed by atoms with Crippen molar-refractivity contribution in [2.45, 2.75) is 49.7 Å². The minimum Gasteiger partial charge on any atom is -0.365 e. The molecule has 3 unspecified atom stereocenters. The molecule has 2 saturated heterocycles. The minimum absolute atomic E-state index is 0.0929. The number of piperidine rings is 1. The van der Waals surface area contributed by atoms with Gasteiger partial charge in [0.2, 0.25) is 0 Å². The molecule has 2 aliphatic rings. The lowest BCUT2D eigenvalue weighted by Crippen LogP contribution is -2.45. The van der Waals surface area contributed by atoms with Gasteiger partial charge < -0.3 is 14.2 Å². The molecule has 2 aromatic rings. The van der Waals surface area contributed by atoms with E-state index in [0.717, 1.165) is 29.8 Å². The van der Waals surface area contributed by atoms with Crippen LogP contribution in [0.3, 0.4) is 0 Å². The zero-order chi connectivity index (χ0) is 19.5. The summed E-state index contributed by atoms with van der Waals surface area (Å²) in [6, 6.07) is 19.3. The second-order valence-electron chi connectivity index (χ2n) is 7.81. The van der Waals surface area contributed by atoms with Crippen molar-refractivity contribution in [1.82, 2.24) is 4.90 Å². The summed E-state index contributed by atoms with van der Waals surface area (Å²) < 4.78 is 17.8. The first-order valence-electron chi connectivity index (χ1n) is 9.94. The first kappa shape index (κ1) is 19.9. The maximum atomic E-state index is 6.73. The van der Waals surface area contributed by atoms with Crippen molar-refractivity contribution in [1.29, 1.82) is 0 Å². The topological polar surface area (TPSA) is 30.9 Å². The number of likely N-dealkylation sites (N-methyl/N-ethyl adjacent to an activating group) is 1. The van der Waals surface area contributed by atoms with Crippen LogP contribution in [0.25, 0.3) is 0 Å². The molecule has 2 aliphatic heterocycles. The smallest absolute Gasteiger partial charge is 0.146 e. The third-order valence-electron chi connectivity index (χ3n) is 6.08. The number of hydrogen-bond acceptors (Lipinski definition) is 4. The van der Waals surface area contributed by atoms with Crippen molar-refractivity contribution in [3.63, 3.8) is 0 Å². The highest BCUT2D eigenvalue weighted by atomic mass is 35.5. The van der Waals surface area contributed by atoms with Crippen LogP contribution in [0.4, 0.5) is 0 Å². The lowest BCUT2D eigenvalue weighted by Gasteiger charge is -2.38. The molecule has 2 aromatic carbocycles. The van der Waals surface area contributed by atoms with Gasteiger partial charge in [-0.3, -0.25) is 4.90 Å². The van der Waals surface area contributed by atoms with Gasteiger partial charge in [0.25, 0.3) is 0 Å². The lowest BCUT2D eigenvalue weighted by atomic mass is 9.97. The fourth-order valence-electron chi connectivity index (χ4n) is 4.63. The summed E-state index contributed by atoms with van der Waals surface area (Å²) in [7, 11) is 3.88. The molecule has 0 aromatic heterocycles. The first-order valence-corrected chi connectivity index (χ1v) is 10.3. The van der Waals surface area contributed by atoms with Crippen molar-refractivity contribution in [2.75, 3.05) is 21.0 Å². The Hall–Kier alpha value is -1.43. The van der Waals surface area contributed by atoms with Crippen LogP contribution in [-0.2, 0) is 14.2 Å². The summed E-state index contributed by atoms with van der Waals surface area (Å²) in [5, 5.41) is 0.742. The standard InChI is InChI=1S/C23H28ClNO3/c1-25-19-12-20(14-21(25)22(13-19)27-15-26-2)28-23(16-6-4-3-5-7-16)17-8-10-18(24)11-9-17/h3-11,19-23H,12-15H2,1-2H3/t19?,20-,21?,22-,23?/m0/s1. The quantitative estimate of drug-likeness (QED) is 0.631. The summed E-state index contributed by atoms with van der Waals surface area (Å²) in [5.41, 5.74) is 2.30. The van der Waals surface area contributed by atoms with Gasteiger partial charge in [-0.05, 0) is 49.6 Å². The Labute approximate surface area is 172 Å². The maximum Gasteiger partial charge on any atom is 0.146 e. The largest absolute Gasteiger partial charge is 0.365 e. The van der Waals surface area contributed by atoms with Crippen molar-refractivity contribution in [2.24, 2.45) is 0 Å². The first-order chi connectivity index (χ1) is 13.7. The second kappa shape index (κ2) is 8.93. The van der Waals surface area contributed by atoms with Crippen LogP contribution in [0.15, 0.2) is 54.6 Å². The van der Waals surface area contributed by atoms with Gasteiger partial charge >= 0.3 is 0 Å². The highest BCUT2D eigenvalue weighted by Gasteiger charge is 2.46. The van der Waals surface area contributed by atoms with Gasteiger partial charge in [-0.25, -0.2) is 0 Å². The molecule has 150 valence electrons. The summed E-state index contributed by atoms with van der Waals surface area (Å²) in [4.78, 5) is 2.46. The molecule has 2 bridgehead atoms. The molecule has 28 heavy (non-hydrogen) atoms. The number of ether oxygens (including phenoxy) is 3. The number of hydrogen-bond donors (Lipinski definition) is 0. The molecule has 0 radical (unpaired) electrons. The average molecular weight is 402 g/mol. The number of nitrogens with zero attached hydrogens (tertiary/aromatic N) is 1. The molecule has 2 fully saturated rings. The Morgan fingerprint density at radius 3 is 2.43 bits per heavy atom. The molecule has 0 amide bonds. The minimum atomic E-state index is -0.0929. The van der Waals surface area contributed by atoms with Crippen LogP contribution in [0.1, 0.15) is 36.5 Å². The molecule has 5 heteroatoms. The second-order valence-corrected chi connectivity index (χ2v) is 8.24. The molecular weight excluding hydrogens is 374 g/mol. The number of rotatable bonds is 7. The zero-order valence-electron chi connectivity index (χ0n) is 16.5. The van der Waals surface area contributed by atoms with Crippen LogP contribution < -0.4 is 0 Å². The van der Waals surface area contributed by atoms with Crippen molar-refractivity contribution in [3.05, 3.63) is 70.7 Å². The molecule has 4 rings (SSSR count). The number of halogens is 1. The van der Waals surface area contributed by atoms with E-state index in [1.54, 1.807) is 7.11 Å². The Morgan fingerprint density at radius 1 is 1.00 bits per heavy atom. The highest BCUT2D eigenvalue weighted by molar-refractivity contribution is 6.30. The van der Waals surface area contributed by atoms with E-state index in [4.69, 9.17) is 25.8 Å². The molecule has 2 heterocycles. The van der Waals surface area contributed by atoms with Gasteiger partial charge in [0, 0.05) is 24.2 Å². The fraction of sp³-hybridized carbons (Fsp3) is 0.478. The highest BCUT2D eigenvalue weighted by Crippen LogP contribution is 2.40. The molecule has 0 N–H and O–H groups in total. The van der Waals surface area contributed by atoms with Crippen LogP contribution in [-0.4, -0.2) is 50.1 Å². The summed E-state index contributed by atoms with van der Waals surface area (Å²) >= 11 is 6.10. The normalized spacial score (nSPS) is 28.4. The van der Waals surface area contributed by atoms with E-state index < -0.39 is 0 Å². The van der Waals surface area contributed by atoms with Crippen molar-refractivity contribution < 1.29 is 14.2 Å². The van der Waals surface area contributed by atoms with E-state index in [2.05, 4.69) is 48.3 Å². The maximum absolute atomic E-state index is 6.73. The zero-order valence-corrected chi connectivity index (χ0v) is 17.2. The van der Waals surface area contributed by atoms with Crippen LogP contribution >= 0.6 is 11.6 Å². The predicted octanol–water partition coefficient (Wildman–Crippen LogP) is 4.67. The van der Waals surface area contributed by atoms with E-state index in [9.17, 15) is 0 Å². The Morgan fingerprint density at radius 2 is 1.71 bits per heavy atom. The predicted molar refractivity (Wildman–Crippen MR) is 111 cm³/mol. The summed E-state index contributed by atoms with van der Waals surface area (Å²) in [5.74, 6) is 0. The number of methoxy groups -OCH3 is 1. The molecular formula is C23H28ClNO3. The molecule has 0 spiro atoms. The SMILES string of the molecule is COCO[C@H]1CC2C[C@H](OC(c3ccccc3)c3ccc(Cl)cc3)CC1N2C. The summed E-state index contributed by atoms with van der Waals surface area (Å²) in [6.45, 7) is 0.352. The van der Waals surface area contributed by atoms with Gasteiger partial charge in [0.1, 0.15) is 12.9 Å². The van der Waals surface area contributed by atoms with Crippen LogP contribution in [0.5, 0.6) is 0 Å². The fourth-order valence-corrected chi connectivity index (χ4v) is 4.75. The monoisotopic (exact) mass is 401 g/mol. The lowest BCUT2D eigenvalue weighted by molar-refractivity contribution is -0.0933. The van der Waals surface area contributed by atoms with Crippen molar-refractivity contribution in [3.8, 4) is 0 Å². The Kier molecular flexibility index (Phi) is 6.34. The van der Waals surface area contributed by atoms with Crippen LogP contribution in [0.2, 0.25) is 5.02 Å². The van der Waals surface area contributed by atoms with Gasteiger partial charge in [-0.1, -0.05) is 54.1 Å². The number of benzene rings is 2. The summed E-state index contributed by atoms with van der Waals surface area (Å²) in [6.07, 6.45) is 3.36.